The number of hydrogen-bond acceptors (Lipinski definition) is 5. The van der Waals surface area contributed by atoms with E-state index in [2.05, 4.69) is 16.7 Å². The van der Waals surface area contributed by atoms with Gasteiger partial charge in [0.1, 0.15) is 5.76 Å². The number of hydrogen-bond donors (Lipinski definition) is 2. The number of amides is 2. The third-order valence-corrected chi connectivity index (χ3v) is 4.07. The molecule has 7 heteroatoms. The van der Waals surface area contributed by atoms with Gasteiger partial charge in [-0.2, -0.15) is 5.26 Å². The minimum atomic E-state index is -0.386. The lowest BCUT2D eigenvalue weighted by atomic mass is 10.3. The van der Waals surface area contributed by atoms with Crippen LogP contribution in [0.4, 0.5) is 5.69 Å². The van der Waals surface area contributed by atoms with Crippen molar-refractivity contribution in [3.63, 3.8) is 0 Å². The zero-order chi connectivity index (χ0) is 17.9. The topological polar surface area (TPSA) is 95.1 Å². The minimum absolute atomic E-state index is 0.140. The summed E-state index contributed by atoms with van der Waals surface area (Å²) in [7, 11) is 0. The van der Waals surface area contributed by atoms with E-state index >= 15 is 0 Å². The third-order valence-electron chi connectivity index (χ3n) is 3.00. The highest BCUT2D eigenvalue weighted by Crippen LogP contribution is 2.27. The summed E-state index contributed by atoms with van der Waals surface area (Å²) in [5.74, 6) is 0.497. The number of carbonyl (C=O) groups excluding carboxylic acids is 2. The van der Waals surface area contributed by atoms with Crippen molar-refractivity contribution in [3.8, 4) is 6.07 Å². The van der Waals surface area contributed by atoms with Crippen molar-refractivity contribution >= 4 is 35.3 Å². The van der Waals surface area contributed by atoms with E-state index in [0.29, 0.717) is 23.6 Å². The summed E-state index contributed by atoms with van der Waals surface area (Å²) < 4.78 is 5.07. The number of carbonyl (C=O) groups is 2. The van der Waals surface area contributed by atoms with E-state index in [-0.39, 0.29) is 18.4 Å². The fourth-order valence-electron chi connectivity index (χ4n) is 1.87. The lowest BCUT2D eigenvalue weighted by Crippen LogP contribution is -2.31. The number of nitrogens with one attached hydrogen (secondary N) is 2. The number of anilines is 1. The molecule has 0 aliphatic carbocycles. The fourth-order valence-corrected chi connectivity index (χ4v) is 2.73. The fraction of sp³-hybridized carbons (Fsp3) is 0.167. The Morgan fingerprint density at radius 1 is 1.24 bits per heavy atom. The Balaban J connectivity index is 1.82. The van der Waals surface area contributed by atoms with Crippen LogP contribution in [0.3, 0.4) is 0 Å². The molecule has 2 N–H and O–H groups in total. The van der Waals surface area contributed by atoms with Crippen molar-refractivity contribution in [1.82, 2.24) is 5.32 Å². The van der Waals surface area contributed by atoms with Gasteiger partial charge in [-0.15, -0.1) is 11.8 Å². The summed E-state index contributed by atoms with van der Waals surface area (Å²) in [6, 6.07) is 12.9. The molecule has 1 aromatic heterocycles. The molecule has 0 saturated heterocycles. The lowest BCUT2D eigenvalue weighted by Gasteiger charge is -2.10. The molecule has 2 aromatic rings. The highest BCUT2D eigenvalue weighted by atomic mass is 32.2. The molecular formula is C18H17N3O3S. The van der Waals surface area contributed by atoms with Crippen molar-refractivity contribution in [2.45, 2.75) is 11.3 Å². The van der Waals surface area contributed by atoms with E-state index in [0.717, 1.165) is 4.90 Å². The largest absolute Gasteiger partial charge is 0.465 e. The molecular weight excluding hydrogens is 338 g/mol. The maximum atomic E-state index is 12.0. The van der Waals surface area contributed by atoms with E-state index in [1.165, 1.54) is 30.2 Å². The monoisotopic (exact) mass is 355 g/mol. The molecule has 25 heavy (non-hydrogen) atoms. The van der Waals surface area contributed by atoms with Gasteiger partial charge >= 0.3 is 0 Å². The van der Waals surface area contributed by atoms with Crippen LogP contribution in [-0.4, -0.2) is 24.1 Å². The zero-order valence-electron chi connectivity index (χ0n) is 13.4. The Morgan fingerprint density at radius 3 is 2.84 bits per heavy atom. The van der Waals surface area contributed by atoms with Crippen molar-refractivity contribution in [1.29, 1.82) is 5.26 Å². The first-order valence-electron chi connectivity index (χ1n) is 7.57. The Bertz CT molecular complexity index is 779. The van der Waals surface area contributed by atoms with Crippen LogP contribution in [0.5, 0.6) is 0 Å². The van der Waals surface area contributed by atoms with Crippen molar-refractivity contribution in [2.24, 2.45) is 0 Å². The summed E-state index contributed by atoms with van der Waals surface area (Å²) in [6.07, 6.45) is 4.77. The molecule has 0 atom stereocenters. The predicted molar refractivity (Wildman–Crippen MR) is 96.8 cm³/mol. The van der Waals surface area contributed by atoms with Crippen LogP contribution in [0.2, 0.25) is 0 Å². The van der Waals surface area contributed by atoms with Gasteiger partial charge in [-0.1, -0.05) is 12.1 Å². The molecule has 1 heterocycles. The molecule has 128 valence electrons. The molecule has 0 saturated carbocycles. The minimum Gasteiger partial charge on any atom is -0.465 e. The lowest BCUT2D eigenvalue weighted by molar-refractivity contribution is -0.121. The first kappa shape index (κ1) is 18.4. The van der Waals surface area contributed by atoms with Gasteiger partial charge < -0.3 is 15.1 Å². The predicted octanol–water partition coefficient (Wildman–Crippen LogP) is 3.05. The molecule has 0 spiro atoms. The quantitative estimate of drug-likeness (QED) is 0.431. The Hall–Kier alpha value is -2.98. The normalized spacial score (nSPS) is 10.4. The van der Waals surface area contributed by atoms with Crippen molar-refractivity contribution in [2.75, 3.05) is 17.6 Å². The number of rotatable bonds is 8. The van der Waals surface area contributed by atoms with Gasteiger partial charge in [0.15, 0.2) is 0 Å². The molecule has 0 unspecified atom stereocenters. The number of furan rings is 1. The van der Waals surface area contributed by atoms with Gasteiger partial charge in [0, 0.05) is 23.1 Å². The van der Waals surface area contributed by atoms with Gasteiger partial charge in [-0.25, -0.2) is 0 Å². The highest BCUT2D eigenvalue weighted by Gasteiger charge is 2.08. The molecule has 2 rings (SSSR count). The molecule has 2 amide bonds. The number of thioether (sulfide) groups is 1. The first-order chi connectivity index (χ1) is 12.2. The van der Waals surface area contributed by atoms with Gasteiger partial charge in [0.05, 0.1) is 24.6 Å². The van der Waals surface area contributed by atoms with Gasteiger partial charge in [-0.3, -0.25) is 9.59 Å². The number of nitrogens with zero attached hydrogens (tertiary/aromatic N) is 1. The summed E-state index contributed by atoms with van der Waals surface area (Å²) in [4.78, 5) is 24.6. The average molecular weight is 355 g/mol. The summed E-state index contributed by atoms with van der Waals surface area (Å²) in [6.45, 7) is -0.140. The summed E-state index contributed by atoms with van der Waals surface area (Å²) >= 11 is 1.50. The molecule has 0 aliphatic heterocycles. The molecule has 1 aromatic carbocycles. The number of nitriles is 1. The first-order valence-corrected chi connectivity index (χ1v) is 8.55. The van der Waals surface area contributed by atoms with Gasteiger partial charge in [-0.05, 0) is 30.3 Å². The van der Waals surface area contributed by atoms with Crippen LogP contribution >= 0.6 is 11.8 Å². The third kappa shape index (κ3) is 6.57. The maximum Gasteiger partial charge on any atom is 0.244 e. The van der Waals surface area contributed by atoms with Crippen LogP contribution in [0, 0.1) is 11.3 Å². The Labute approximate surface area is 149 Å². The Kier molecular flexibility index (Phi) is 7.35. The van der Waals surface area contributed by atoms with Crippen LogP contribution in [0.15, 0.2) is 58.1 Å². The molecule has 0 aliphatic rings. The second kappa shape index (κ2) is 10.0. The SMILES string of the molecule is N#CCCSc1ccccc1NC(=O)CNC(=O)C=Cc1ccco1. The van der Waals surface area contributed by atoms with Crippen molar-refractivity contribution in [3.05, 3.63) is 54.5 Å². The number of para-hydroxylation sites is 1. The smallest absolute Gasteiger partial charge is 0.244 e. The second-order valence-electron chi connectivity index (χ2n) is 4.87. The van der Waals surface area contributed by atoms with Gasteiger partial charge in [0.2, 0.25) is 11.8 Å². The second-order valence-corrected chi connectivity index (χ2v) is 6.00. The Morgan fingerprint density at radius 2 is 2.08 bits per heavy atom. The van der Waals surface area contributed by atoms with Crippen LogP contribution < -0.4 is 10.6 Å². The zero-order valence-corrected chi connectivity index (χ0v) is 14.2. The summed E-state index contributed by atoms with van der Waals surface area (Å²) in [5, 5.41) is 13.9. The van der Waals surface area contributed by atoms with Crippen LogP contribution in [0.25, 0.3) is 6.08 Å². The maximum absolute atomic E-state index is 12.0. The number of benzene rings is 1. The molecule has 6 nitrogen and oxygen atoms in total. The molecule has 0 fully saturated rings. The van der Waals surface area contributed by atoms with Crippen molar-refractivity contribution < 1.29 is 14.0 Å². The standard InChI is InChI=1S/C18H17N3O3S/c19-10-4-12-25-16-7-2-1-6-15(16)21-18(23)13-20-17(22)9-8-14-5-3-11-24-14/h1-3,5-9,11H,4,12-13H2,(H,20,22)(H,21,23). The van der Waals surface area contributed by atoms with E-state index < -0.39 is 0 Å². The van der Waals surface area contributed by atoms with Crippen LogP contribution in [0.1, 0.15) is 12.2 Å². The highest BCUT2D eigenvalue weighted by molar-refractivity contribution is 7.99. The van der Waals surface area contributed by atoms with E-state index in [4.69, 9.17) is 9.68 Å². The van der Waals surface area contributed by atoms with Crippen LogP contribution in [-0.2, 0) is 9.59 Å². The summed E-state index contributed by atoms with van der Waals surface area (Å²) in [5.41, 5.74) is 0.663. The molecule has 0 bridgehead atoms. The molecule has 0 radical (unpaired) electrons. The van der Waals surface area contributed by atoms with E-state index in [1.807, 2.05) is 18.2 Å². The van der Waals surface area contributed by atoms with Gasteiger partial charge in [0.25, 0.3) is 0 Å². The van der Waals surface area contributed by atoms with E-state index in [1.54, 1.807) is 18.2 Å². The average Bonchev–Trinajstić information content (AvgIpc) is 3.13. The van der Waals surface area contributed by atoms with E-state index in [9.17, 15) is 9.59 Å².